The van der Waals surface area contributed by atoms with Crippen LogP contribution in [-0.4, -0.2) is 36.3 Å². The Hall–Kier alpha value is -1.32. The zero-order chi connectivity index (χ0) is 13.0. The first-order valence-electron chi connectivity index (χ1n) is 6.95. The molecule has 2 aliphatic rings. The van der Waals surface area contributed by atoms with Gasteiger partial charge in [-0.2, -0.15) is 0 Å². The molecule has 1 aliphatic heterocycles. The molecule has 2 atom stereocenters. The summed E-state index contributed by atoms with van der Waals surface area (Å²) in [6.45, 7) is 4.26. The van der Waals surface area contributed by atoms with Gasteiger partial charge in [0.25, 0.3) is 0 Å². The Bertz CT molecular complexity index is 346. The van der Waals surface area contributed by atoms with Crippen LogP contribution in [0.3, 0.4) is 0 Å². The van der Waals surface area contributed by atoms with Crippen molar-refractivity contribution in [2.24, 2.45) is 11.8 Å². The van der Waals surface area contributed by atoms with E-state index in [2.05, 4.69) is 5.32 Å². The summed E-state index contributed by atoms with van der Waals surface area (Å²) in [6, 6.07) is 0. The zero-order valence-corrected chi connectivity index (χ0v) is 11.0. The smallest absolute Gasteiger partial charge is 0.226 e. The van der Waals surface area contributed by atoms with Crippen LogP contribution in [0.4, 0.5) is 0 Å². The molecule has 18 heavy (non-hydrogen) atoms. The van der Waals surface area contributed by atoms with Gasteiger partial charge in [0.05, 0.1) is 11.8 Å². The highest BCUT2D eigenvalue weighted by Gasteiger charge is 2.36. The highest BCUT2D eigenvalue weighted by Crippen LogP contribution is 2.28. The summed E-state index contributed by atoms with van der Waals surface area (Å²) in [5.74, 6) is -0.129. The van der Waals surface area contributed by atoms with Crippen molar-refractivity contribution in [2.75, 3.05) is 19.6 Å². The molecular weight excluding hydrogens is 228 g/mol. The number of carbonyl (C=O) groups is 2. The van der Waals surface area contributed by atoms with Crippen LogP contribution in [0.5, 0.6) is 0 Å². The molecule has 1 N–H and O–H groups in total. The van der Waals surface area contributed by atoms with Crippen molar-refractivity contribution < 1.29 is 9.59 Å². The van der Waals surface area contributed by atoms with Crippen molar-refractivity contribution in [3.05, 3.63) is 12.2 Å². The van der Waals surface area contributed by atoms with E-state index < -0.39 is 0 Å². The second kappa shape index (κ2) is 6.03. The molecule has 0 aromatic carbocycles. The molecule has 0 spiro atoms. The fourth-order valence-electron chi connectivity index (χ4n) is 2.85. The van der Waals surface area contributed by atoms with Gasteiger partial charge in [0.15, 0.2) is 0 Å². The standard InChI is InChI=1S/C14H22N2O2/c1-2-15-13(17)11-7-3-4-8-12(11)14(18)16-9-5-6-10-16/h3-4,11-12H,2,5-10H2,1H3,(H,15,17). The highest BCUT2D eigenvalue weighted by atomic mass is 16.2. The Balaban J connectivity index is 2.05. The molecule has 1 saturated heterocycles. The Labute approximate surface area is 108 Å². The van der Waals surface area contributed by atoms with Crippen molar-refractivity contribution in [3.63, 3.8) is 0 Å². The minimum atomic E-state index is -0.178. The molecule has 0 saturated carbocycles. The lowest BCUT2D eigenvalue weighted by Gasteiger charge is -2.30. The maximum atomic E-state index is 12.4. The Morgan fingerprint density at radius 3 is 2.39 bits per heavy atom. The van der Waals surface area contributed by atoms with E-state index in [4.69, 9.17) is 0 Å². The molecule has 4 nitrogen and oxygen atoms in total. The van der Waals surface area contributed by atoms with E-state index in [0.717, 1.165) is 25.9 Å². The Morgan fingerprint density at radius 1 is 1.17 bits per heavy atom. The fraction of sp³-hybridized carbons (Fsp3) is 0.714. The van der Waals surface area contributed by atoms with Crippen LogP contribution in [0.2, 0.25) is 0 Å². The lowest BCUT2D eigenvalue weighted by Crippen LogP contribution is -2.43. The summed E-state index contributed by atoms with van der Waals surface area (Å²) in [7, 11) is 0. The maximum Gasteiger partial charge on any atom is 0.226 e. The topological polar surface area (TPSA) is 49.4 Å². The molecule has 2 unspecified atom stereocenters. The van der Waals surface area contributed by atoms with Crippen LogP contribution in [-0.2, 0) is 9.59 Å². The van der Waals surface area contributed by atoms with E-state index in [9.17, 15) is 9.59 Å². The first-order valence-corrected chi connectivity index (χ1v) is 6.95. The zero-order valence-electron chi connectivity index (χ0n) is 11.0. The molecule has 1 aliphatic carbocycles. The molecule has 0 aromatic heterocycles. The normalized spacial score (nSPS) is 27.3. The van der Waals surface area contributed by atoms with E-state index in [0.29, 0.717) is 19.4 Å². The maximum absolute atomic E-state index is 12.4. The van der Waals surface area contributed by atoms with Gasteiger partial charge in [-0.25, -0.2) is 0 Å². The van der Waals surface area contributed by atoms with Crippen LogP contribution in [0, 0.1) is 11.8 Å². The lowest BCUT2D eigenvalue weighted by atomic mass is 9.81. The van der Waals surface area contributed by atoms with Gasteiger partial charge in [0.1, 0.15) is 0 Å². The molecular formula is C14H22N2O2. The number of amides is 2. The monoisotopic (exact) mass is 250 g/mol. The lowest BCUT2D eigenvalue weighted by molar-refractivity contribution is -0.141. The predicted molar refractivity (Wildman–Crippen MR) is 69.9 cm³/mol. The summed E-state index contributed by atoms with van der Waals surface area (Å²) in [5.41, 5.74) is 0. The SMILES string of the molecule is CCNC(=O)C1CC=CCC1C(=O)N1CCCC1. The van der Waals surface area contributed by atoms with Gasteiger partial charge in [-0.05, 0) is 32.6 Å². The summed E-state index contributed by atoms with van der Waals surface area (Å²) >= 11 is 0. The highest BCUT2D eigenvalue weighted by molar-refractivity contribution is 5.88. The minimum absolute atomic E-state index is 0.0272. The molecule has 0 radical (unpaired) electrons. The minimum Gasteiger partial charge on any atom is -0.356 e. The van der Waals surface area contributed by atoms with Gasteiger partial charge in [0, 0.05) is 19.6 Å². The van der Waals surface area contributed by atoms with Gasteiger partial charge in [-0.3, -0.25) is 9.59 Å². The van der Waals surface area contributed by atoms with E-state index in [1.54, 1.807) is 0 Å². The number of nitrogens with one attached hydrogen (secondary N) is 1. The number of hydrogen-bond donors (Lipinski definition) is 1. The van der Waals surface area contributed by atoms with Gasteiger partial charge in [-0.1, -0.05) is 12.2 Å². The summed E-state index contributed by atoms with van der Waals surface area (Å²) in [4.78, 5) is 26.4. The van der Waals surface area contributed by atoms with E-state index in [1.807, 2.05) is 24.0 Å². The fourth-order valence-corrected chi connectivity index (χ4v) is 2.85. The largest absolute Gasteiger partial charge is 0.356 e. The van der Waals surface area contributed by atoms with Crippen molar-refractivity contribution in [3.8, 4) is 0 Å². The third-order valence-corrected chi connectivity index (χ3v) is 3.86. The quantitative estimate of drug-likeness (QED) is 0.768. The summed E-state index contributed by atoms with van der Waals surface area (Å²) < 4.78 is 0. The first-order chi connectivity index (χ1) is 8.74. The number of likely N-dealkylation sites (tertiary alicyclic amines) is 1. The third-order valence-electron chi connectivity index (χ3n) is 3.86. The van der Waals surface area contributed by atoms with Crippen LogP contribution in [0.25, 0.3) is 0 Å². The molecule has 1 fully saturated rings. The number of rotatable bonds is 3. The number of allylic oxidation sites excluding steroid dienone is 2. The Kier molecular flexibility index (Phi) is 4.39. The van der Waals surface area contributed by atoms with Gasteiger partial charge in [-0.15, -0.1) is 0 Å². The van der Waals surface area contributed by atoms with Crippen LogP contribution in [0.15, 0.2) is 12.2 Å². The van der Waals surface area contributed by atoms with E-state index in [1.165, 1.54) is 0 Å². The molecule has 4 heteroatoms. The third kappa shape index (κ3) is 2.74. The van der Waals surface area contributed by atoms with Gasteiger partial charge < -0.3 is 10.2 Å². The molecule has 0 bridgehead atoms. The molecule has 100 valence electrons. The number of nitrogens with zero attached hydrogens (tertiary/aromatic N) is 1. The predicted octanol–water partition coefficient (Wildman–Crippen LogP) is 1.33. The molecule has 2 amide bonds. The van der Waals surface area contributed by atoms with Gasteiger partial charge in [0.2, 0.25) is 11.8 Å². The molecule has 0 aromatic rings. The second-order valence-electron chi connectivity index (χ2n) is 5.08. The van der Waals surface area contributed by atoms with Crippen LogP contribution >= 0.6 is 0 Å². The number of carbonyl (C=O) groups excluding carboxylic acids is 2. The van der Waals surface area contributed by atoms with E-state index in [-0.39, 0.29) is 23.7 Å². The first kappa shape index (κ1) is 13.1. The summed E-state index contributed by atoms with van der Waals surface area (Å²) in [6.07, 6.45) is 7.65. The van der Waals surface area contributed by atoms with Crippen molar-refractivity contribution in [1.29, 1.82) is 0 Å². The molecule has 2 rings (SSSR count). The van der Waals surface area contributed by atoms with Crippen LogP contribution in [0.1, 0.15) is 32.6 Å². The average Bonchev–Trinajstić information content (AvgIpc) is 2.92. The van der Waals surface area contributed by atoms with Gasteiger partial charge >= 0.3 is 0 Å². The van der Waals surface area contributed by atoms with E-state index >= 15 is 0 Å². The van der Waals surface area contributed by atoms with Crippen molar-refractivity contribution >= 4 is 11.8 Å². The number of hydrogen-bond acceptors (Lipinski definition) is 2. The van der Waals surface area contributed by atoms with Crippen molar-refractivity contribution in [1.82, 2.24) is 10.2 Å². The second-order valence-corrected chi connectivity index (χ2v) is 5.08. The average molecular weight is 250 g/mol. The van der Waals surface area contributed by atoms with Crippen LogP contribution < -0.4 is 5.32 Å². The van der Waals surface area contributed by atoms with Crippen molar-refractivity contribution in [2.45, 2.75) is 32.6 Å². The summed E-state index contributed by atoms with van der Waals surface area (Å²) in [5, 5.41) is 2.85. The Morgan fingerprint density at radius 2 is 1.78 bits per heavy atom. The molecule has 1 heterocycles.